The summed E-state index contributed by atoms with van der Waals surface area (Å²) in [6, 6.07) is 11.9. The van der Waals surface area contributed by atoms with E-state index in [0.29, 0.717) is 6.54 Å². The summed E-state index contributed by atoms with van der Waals surface area (Å²) in [5, 5.41) is 5.42. The van der Waals surface area contributed by atoms with Crippen molar-refractivity contribution in [3.8, 4) is 11.5 Å². The molecule has 8 heteroatoms. The molecule has 0 spiro atoms. The van der Waals surface area contributed by atoms with E-state index in [2.05, 4.69) is 20.7 Å². The molecule has 0 fully saturated rings. The van der Waals surface area contributed by atoms with Crippen LogP contribution in [0.4, 0.5) is 11.5 Å². The lowest BCUT2D eigenvalue weighted by molar-refractivity contribution is 0.350. The van der Waals surface area contributed by atoms with Gasteiger partial charge in [-0.05, 0) is 42.3 Å². The first-order valence-electron chi connectivity index (χ1n) is 10.4. The van der Waals surface area contributed by atoms with Crippen molar-refractivity contribution in [3.05, 3.63) is 71.7 Å². The molecular weight excluding hydrogens is 404 g/mol. The predicted octanol–water partition coefficient (Wildman–Crippen LogP) is 3.51. The molecule has 3 aromatic rings. The molecule has 2 N–H and O–H groups in total. The van der Waals surface area contributed by atoms with Gasteiger partial charge in [-0.3, -0.25) is 9.99 Å². The van der Waals surface area contributed by atoms with Crippen LogP contribution in [-0.4, -0.2) is 48.6 Å². The smallest absolute Gasteiger partial charge is 0.139 e. The van der Waals surface area contributed by atoms with Gasteiger partial charge in [0.1, 0.15) is 23.7 Å². The Morgan fingerprint density at radius 1 is 1.06 bits per heavy atom. The van der Waals surface area contributed by atoms with Gasteiger partial charge in [0.2, 0.25) is 0 Å². The van der Waals surface area contributed by atoms with E-state index in [9.17, 15) is 0 Å². The van der Waals surface area contributed by atoms with Crippen LogP contribution in [0.3, 0.4) is 0 Å². The fourth-order valence-corrected chi connectivity index (χ4v) is 3.97. The Bertz CT molecular complexity index is 1180. The van der Waals surface area contributed by atoms with E-state index in [1.165, 1.54) is 0 Å². The van der Waals surface area contributed by atoms with Crippen molar-refractivity contribution < 1.29 is 9.47 Å². The number of aliphatic imine (C=N–C) groups is 1. The molecule has 5 rings (SSSR count). The number of rotatable bonds is 6. The molecule has 0 unspecified atom stereocenters. The summed E-state index contributed by atoms with van der Waals surface area (Å²) >= 11 is 0. The second kappa shape index (κ2) is 8.68. The number of ether oxygens (including phenoxy) is 2. The molecule has 1 aromatic carbocycles. The fourth-order valence-electron chi connectivity index (χ4n) is 3.97. The van der Waals surface area contributed by atoms with E-state index in [0.717, 1.165) is 63.9 Å². The van der Waals surface area contributed by atoms with Gasteiger partial charge in [-0.1, -0.05) is 0 Å². The van der Waals surface area contributed by atoms with Crippen molar-refractivity contribution in [2.24, 2.45) is 4.99 Å². The van der Waals surface area contributed by atoms with Gasteiger partial charge in [-0.2, -0.15) is 0 Å². The highest BCUT2D eigenvalue weighted by molar-refractivity contribution is 6.03. The number of fused-ring (bicyclic) bond motifs is 4. The van der Waals surface area contributed by atoms with Crippen molar-refractivity contribution in [2.75, 3.05) is 32.6 Å². The molecule has 0 amide bonds. The van der Waals surface area contributed by atoms with Gasteiger partial charge in [0.05, 0.1) is 38.3 Å². The lowest BCUT2D eigenvalue weighted by Crippen LogP contribution is -2.40. The molecule has 0 saturated heterocycles. The second-order valence-corrected chi connectivity index (χ2v) is 7.52. The summed E-state index contributed by atoms with van der Waals surface area (Å²) in [5.41, 5.74) is 9.65. The van der Waals surface area contributed by atoms with Gasteiger partial charge in [0.25, 0.3) is 0 Å². The maximum Gasteiger partial charge on any atom is 0.139 e. The van der Waals surface area contributed by atoms with Gasteiger partial charge in [0.15, 0.2) is 0 Å². The van der Waals surface area contributed by atoms with Crippen molar-refractivity contribution in [2.45, 2.75) is 6.42 Å². The summed E-state index contributed by atoms with van der Waals surface area (Å²) in [7, 11) is 3.32. The van der Waals surface area contributed by atoms with E-state index < -0.39 is 0 Å². The van der Waals surface area contributed by atoms with Crippen LogP contribution in [-0.2, 0) is 6.42 Å². The fraction of sp³-hybridized carbons (Fsp3) is 0.208. The molecule has 0 radical (unpaired) electrons. The van der Waals surface area contributed by atoms with Crippen molar-refractivity contribution in [1.29, 1.82) is 0 Å². The monoisotopic (exact) mass is 428 g/mol. The zero-order chi connectivity index (χ0) is 21.9. The maximum absolute atomic E-state index is 5.37. The Kier molecular flexibility index (Phi) is 5.43. The third-order valence-electron chi connectivity index (χ3n) is 5.54. The Morgan fingerprint density at radius 3 is 2.72 bits per heavy atom. The number of benzene rings is 1. The Labute approximate surface area is 186 Å². The molecule has 2 aromatic heterocycles. The number of hydrazine groups is 1. The lowest BCUT2D eigenvalue weighted by atomic mass is 10.0. The topological polar surface area (TPSA) is 83.9 Å². The van der Waals surface area contributed by atoms with E-state index in [1.807, 2.05) is 53.9 Å². The first kappa shape index (κ1) is 20.0. The summed E-state index contributed by atoms with van der Waals surface area (Å²) in [4.78, 5) is 13.6. The van der Waals surface area contributed by atoms with Crippen LogP contribution in [0.1, 0.15) is 16.7 Å². The largest absolute Gasteiger partial charge is 0.497 e. The number of nitrogens with zero attached hydrogens (tertiary/aromatic N) is 4. The Hall–Kier alpha value is -3.91. The van der Waals surface area contributed by atoms with Crippen LogP contribution in [0.5, 0.6) is 11.5 Å². The van der Waals surface area contributed by atoms with Crippen LogP contribution >= 0.6 is 0 Å². The highest BCUT2D eigenvalue weighted by Gasteiger charge is 2.25. The van der Waals surface area contributed by atoms with Crippen LogP contribution < -0.4 is 20.2 Å². The highest BCUT2D eigenvalue weighted by Crippen LogP contribution is 2.40. The van der Waals surface area contributed by atoms with E-state index >= 15 is 0 Å². The zero-order valence-corrected chi connectivity index (χ0v) is 18.0. The molecule has 0 atom stereocenters. The first-order chi connectivity index (χ1) is 15.7. The SMILES string of the molecule is COc1cc(CCNN2C=NC3=C(C2)c2ccncc2Nc2ncccc23)cc(OC)c1. The average molecular weight is 428 g/mol. The minimum Gasteiger partial charge on any atom is -0.497 e. The van der Waals surface area contributed by atoms with Gasteiger partial charge >= 0.3 is 0 Å². The Balaban J connectivity index is 1.35. The molecule has 0 bridgehead atoms. The molecule has 162 valence electrons. The number of pyridine rings is 2. The predicted molar refractivity (Wildman–Crippen MR) is 125 cm³/mol. The van der Waals surface area contributed by atoms with E-state index in [1.54, 1.807) is 26.6 Å². The van der Waals surface area contributed by atoms with Gasteiger partial charge in [-0.15, -0.1) is 0 Å². The normalized spacial score (nSPS) is 14.1. The number of hydrogen-bond donors (Lipinski definition) is 2. The second-order valence-electron chi connectivity index (χ2n) is 7.52. The number of nitrogens with one attached hydrogen (secondary N) is 2. The number of hydrogen-bond acceptors (Lipinski definition) is 8. The summed E-state index contributed by atoms with van der Waals surface area (Å²) in [6.07, 6.45) is 8.07. The van der Waals surface area contributed by atoms with Crippen LogP contribution in [0, 0.1) is 0 Å². The van der Waals surface area contributed by atoms with Crippen LogP contribution in [0.15, 0.2) is 60.0 Å². The van der Waals surface area contributed by atoms with E-state index in [-0.39, 0.29) is 0 Å². The summed E-state index contributed by atoms with van der Waals surface area (Å²) < 4.78 is 10.7. The molecule has 0 saturated carbocycles. The number of anilines is 2. The molecule has 0 aliphatic carbocycles. The third-order valence-corrected chi connectivity index (χ3v) is 5.54. The molecule has 32 heavy (non-hydrogen) atoms. The molecule has 2 aliphatic rings. The minimum atomic E-state index is 0.674. The molecular formula is C24H24N6O2. The summed E-state index contributed by atoms with van der Waals surface area (Å²) in [5.74, 6) is 2.37. The quantitative estimate of drug-likeness (QED) is 0.622. The van der Waals surface area contributed by atoms with Crippen molar-refractivity contribution >= 4 is 29.1 Å². The van der Waals surface area contributed by atoms with Crippen LogP contribution in [0.2, 0.25) is 0 Å². The Morgan fingerprint density at radius 2 is 1.91 bits per heavy atom. The van der Waals surface area contributed by atoms with Crippen LogP contribution in [0.25, 0.3) is 11.3 Å². The standard InChI is InChI=1S/C24H24N6O2/c1-31-17-10-16(11-18(12-17)32-2)5-9-28-30-14-21-19-6-8-25-13-22(19)29-24-20(4-3-7-26-24)23(21)27-15-30/h3-4,6-8,10-13,15,28H,5,9,14H2,1-2H3,(H,26,29). The summed E-state index contributed by atoms with van der Waals surface area (Å²) in [6.45, 7) is 1.41. The third kappa shape index (κ3) is 3.88. The first-order valence-corrected chi connectivity index (χ1v) is 10.4. The highest BCUT2D eigenvalue weighted by atomic mass is 16.5. The van der Waals surface area contributed by atoms with Gasteiger partial charge < -0.3 is 14.8 Å². The van der Waals surface area contributed by atoms with Crippen molar-refractivity contribution in [3.63, 3.8) is 0 Å². The maximum atomic E-state index is 5.37. The van der Waals surface area contributed by atoms with E-state index in [4.69, 9.17) is 14.5 Å². The van der Waals surface area contributed by atoms with Gasteiger partial charge in [0, 0.05) is 41.7 Å². The number of methoxy groups -OCH3 is 2. The minimum absolute atomic E-state index is 0.674. The number of aromatic nitrogens is 2. The molecule has 8 nitrogen and oxygen atoms in total. The van der Waals surface area contributed by atoms with Gasteiger partial charge in [-0.25, -0.2) is 15.4 Å². The molecule has 4 heterocycles. The lowest BCUT2D eigenvalue weighted by Gasteiger charge is -2.27. The zero-order valence-electron chi connectivity index (χ0n) is 18.0. The van der Waals surface area contributed by atoms with Crippen molar-refractivity contribution in [1.82, 2.24) is 20.4 Å². The molecule has 2 aliphatic heterocycles. The average Bonchev–Trinajstić information content (AvgIpc) is 2.98.